The summed E-state index contributed by atoms with van der Waals surface area (Å²) in [6.45, 7) is 7.48. The average Bonchev–Trinajstić information content (AvgIpc) is 3.59. The molecule has 0 fully saturated rings. The van der Waals surface area contributed by atoms with E-state index >= 15 is 0 Å². The van der Waals surface area contributed by atoms with Gasteiger partial charge in [0.2, 0.25) is 0 Å². The molecule has 0 aliphatic rings. The Hall–Kier alpha value is -4.91. The maximum atomic E-state index is 13.6. The third kappa shape index (κ3) is 4.71. The maximum absolute atomic E-state index is 13.6. The first kappa shape index (κ1) is 25.4. The Bertz CT molecular complexity index is 2090. The van der Waals surface area contributed by atoms with Gasteiger partial charge in [0, 0.05) is 0 Å². The summed E-state index contributed by atoms with van der Waals surface area (Å²) in [7, 11) is 0. The fourth-order valence-electron chi connectivity index (χ4n) is 4.61. The molecule has 0 aliphatic carbocycles. The number of nitriles is 1. The summed E-state index contributed by atoms with van der Waals surface area (Å²) in [5.74, 6) is 0. The van der Waals surface area contributed by atoms with E-state index in [-0.39, 0.29) is 25.8 Å². The van der Waals surface area contributed by atoms with Crippen molar-refractivity contribution in [1.82, 2.24) is 4.57 Å². The first-order valence-electron chi connectivity index (χ1n) is 12.4. The number of fused-ring (bicyclic) bond motifs is 1. The zero-order valence-electron chi connectivity index (χ0n) is 21.1. The van der Waals surface area contributed by atoms with Crippen LogP contribution in [0.15, 0.2) is 120 Å². The number of hydrogen-bond donors (Lipinski definition) is 0. The molecule has 0 spiro atoms. The molecule has 0 saturated heterocycles. The van der Waals surface area contributed by atoms with Gasteiger partial charge in [0.1, 0.15) is 0 Å². The second kappa shape index (κ2) is 11.1. The van der Waals surface area contributed by atoms with Gasteiger partial charge in [0.15, 0.2) is 0 Å². The minimum absolute atomic E-state index is 0.0947. The summed E-state index contributed by atoms with van der Waals surface area (Å²) in [6, 6.07) is 40.3. The van der Waals surface area contributed by atoms with Crippen molar-refractivity contribution in [3.05, 3.63) is 151 Å². The van der Waals surface area contributed by atoms with Gasteiger partial charge in [-0.15, -0.1) is 0 Å². The molecular formula is C33H20N4OSSe. The third-order valence-electron chi connectivity index (χ3n) is 6.39. The Labute approximate surface area is 240 Å². The first-order valence-corrected chi connectivity index (χ1v) is 14.9. The molecule has 0 amide bonds. The van der Waals surface area contributed by atoms with Crippen molar-refractivity contribution in [3.8, 4) is 11.8 Å². The van der Waals surface area contributed by atoms with Crippen LogP contribution < -0.4 is 19.7 Å². The van der Waals surface area contributed by atoms with E-state index in [4.69, 9.17) is 6.57 Å². The number of para-hydroxylation sites is 2. The quantitative estimate of drug-likeness (QED) is 0.182. The molecule has 7 heteroatoms. The number of aromatic nitrogens is 1. The molecule has 0 bridgehead atoms. The van der Waals surface area contributed by atoms with Crippen molar-refractivity contribution in [2.45, 2.75) is 0 Å². The van der Waals surface area contributed by atoms with E-state index < -0.39 is 0 Å². The van der Waals surface area contributed by atoms with Gasteiger partial charge in [-0.05, 0) is 0 Å². The number of thiazole rings is 1. The van der Waals surface area contributed by atoms with E-state index in [9.17, 15) is 10.1 Å². The monoisotopic (exact) mass is 600 g/mol. The molecule has 0 atom stereocenters. The van der Waals surface area contributed by atoms with E-state index in [2.05, 4.69) is 70.4 Å². The van der Waals surface area contributed by atoms with Crippen LogP contribution in [0.4, 0.5) is 15.9 Å². The zero-order valence-corrected chi connectivity index (χ0v) is 23.6. The molecule has 6 rings (SSSR count). The van der Waals surface area contributed by atoms with Gasteiger partial charge in [-0.1, -0.05) is 0 Å². The Morgan fingerprint density at radius 3 is 2.35 bits per heavy atom. The van der Waals surface area contributed by atoms with Gasteiger partial charge in [-0.2, -0.15) is 0 Å². The molecule has 0 radical (unpaired) electrons. The predicted molar refractivity (Wildman–Crippen MR) is 164 cm³/mol. The van der Waals surface area contributed by atoms with Crippen LogP contribution in [0.5, 0.6) is 0 Å². The number of rotatable bonds is 5. The van der Waals surface area contributed by atoms with Crippen molar-refractivity contribution in [2.24, 2.45) is 0 Å². The third-order valence-corrected chi connectivity index (χ3v) is 9.60. The summed E-state index contributed by atoms with van der Waals surface area (Å²) < 4.78 is 4.49. The predicted octanol–water partition coefficient (Wildman–Crippen LogP) is 5.96. The summed E-state index contributed by atoms with van der Waals surface area (Å²) in [5, 5.41) is 11.9. The molecule has 40 heavy (non-hydrogen) atoms. The van der Waals surface area contributed by atoms with Crippen LogP contribution in [-0.4, -0.2) is 19.1 Å². The van der Waals surface area contributed by atoms with E-state index in [0.717, 1.165) is 25.8 Å². The summed E-state index contributed by atoms with van der Waals surface area (Å²) >= 11 is 1.09. The second-order valence-corrected chi connectivity index (χ2v) is 12.1. The fourth-order valence-corrected chi connectivity index (χ4v) is 7.88. The molecule has 4 aromatic carbocycles. The SMILES string of the molecule is [C-]#[N+]/C(C#N)=c1\s/c(=C\c2ccc(N(c3ccccc3)c3cccc4ccccc34)[se]2)c(=O)n1-c1ccccc1. The van der Waals surface area contributed by atoms with Crippen LogP contribution in [0.25, 0.3) is 33.1 Å². The Morgan fingerprint density at radius 1 is 0.900 bits per heavy atom. The number of anilines is 3. The molecule has 0 unspecified atom stereocenters. The van der Waals surface area contributed by atoms with E-state index in [1.54, 1.807) is 12.1 Å². The zero-order chi connectivity index (χ0) is 27.5. The van der Waals surface area contributed by atoms with Crippen molar-refractivity contribution in [3.63, 3.8) is 0 Å². The molecule has 0 N–H and O–H groups in total. The van der Waals surface area contributed by atoms with E-state index in [1.165, 1.54) is 21.3 Å². The van der Waals surface area contributed by atoms with Gasteiger partial charge in [0.25, 0.3) is 0 Å². The molecule has 0 saturated carbocycles. The molecule has 6 aromatic rings. The molecule has 2 heterocycles. The number of benzene rings is 4. The van der Waals surface area contributed by atoms with Crippen LogP contribution in [0.3, 0.4) is 0 Å². The van der Waals surface area contributed by atoms with Gasteiger partial charge in [-0.25, -0.2) is 0 Å². The van der Waals surface area contributed by atoms with Crippen molar-refractivity contribution in [1.29, 1.82) is 5.26 Å². The Morgan fingerprint density at radius 2 is 1.60 bits per heavy atom. The summed E-state index contributed by atoms with van der Waals surface area (Å²) in [6.07, 6.45) is 1.91. The average molecular weight is 600 g/mol. The normalized spacial score (nSPS) is 12.1. The van der Waals surface area contributed by atoms with E-state index in [0.29, 0.717) is 14.9 Å². The second-order valence-electron chi connectivity index (χ2n) is 8.81. The molecule has 0 aliphatic heterocycles. The Kier molecular flexibility index (Phi) is 7.02. The van der Waals surface area contributed by atoms with Crippen molar-refractivity contribution in [2.75, 3.05) is 4.90 Å². The standard InChI is InChI=1S/C33H20N4OSSe/c1-35-28(22-34)33-37(25-15-6-3-7-16-25)32(38)30(39-33)21-26-19-20-31(40-26)36(24-13-4-2-5-14-24)29-18-10-12-23-11-8-9-17-27(23)29/h2-21H/b30-21-,33-28-. The van der Waals surface area contributed by atoms with Crippen LogP contribution >= 0.6 is 11.3 Å². The summed E-state index contributed by atoms with van der Waals surface area (Å²) in [5.41, 5.74) is 2.47. The molecule has 190 valence electrons. The van der Waals surface area contributed by atoms with Gasteiger partial charge >= 0.3 is 241 Å². The first-order chi connectivity index (χ1) is 19.7. The Balaban J connectivity index is 1.53. The number of hydrogen-bond acceptors (Lipinski definition) is 4. The van der Waals surface area contributed by atoms with Crippen molar-refractivity contribution < 1.29 is 0 Å². The molecule has 5 nitrogen and oxygen atoms in total. The van der Waals surface area contributed by atoms with Gasteiger partial charge in [0.05, 0.1) is 0 Å². The topological polar surface area (TPSA) is 53.4 Å². The summed E-state index contributed by atoms with van der Waals surface area (Å²) in [4.78, 5) is 19.3. The van der Waals surface area contributed by atoms with Gasteiger partial charge < -0.3 is 0 Å². The van der Waals surface area contributed by atoms with Crippen LogP contribution in [-0.2, 0) is 0 Å². The number of nitrogens with zero attached hydrogens (tertiary/aromatic N) is 4. The van der Waals surface area contributed by atoms with Gasteiger partial charge in [-0.3, -0.25) is 0 Å². The molecule has 2 aromatic heterocycles. The molecular weight excluding hydrogens is 579 g/mol. The van der Waals surface area contributed by atoms with Crippen LogP contribution in [0, 0.1) is 17.9 Å². The minimum atomic E-state index is -0.235. The van der Waals surface area contributed by atoms with Crippen LogP contribution in [0.2, 0.25) is 0 Å². The van der Waals surface area contributed by atoms with Crippen molar-refractivity contribution >= 4 is 64.3 Å². The van der Waals surface area contributed by atoms with Crippen LogP contribution in [0.1, 0.15) is 4.44 Å². The fraction of sp³-hybridized carbons (Fsp3) is 0. The van der Waals surface area contributed by atoms with E-state index in [1.807, 2.05) is 54.6 Å².